The number of piperazine rings is 1. The molecule has 0 spiro atoms. The van der Waals surface area contributed by atoms with Gasteiger partial charge in [-0.2, -0.15) is 0 Å². The molecule has 1 aromatic rings. The molecule has 1 fully saturated rings. The number of nitrogen functional groups attached to an aromatic ring is 1. The van der Waals surface area contributed by atoms with Gasteiger partial charge in [0, 0.05) is 26.2 Å². The maximum atomic E-state index is 10.7. The summed E-state index contributed by atoms with van der Waals surface area (Å²) in [5, 5.41) is 8.81. The lowest BCUT2D eigenvalue weighted by Crippen LogP contribution is -2.48. The molecule has 6 heteroatoms. The quantitative estimate of drug-likeness (QED) is 0.721. The molecule has 0 bridgehead atoms. The van der Waals surface area contributed by atoms with Crippen molar-refractivity contribution in [1.82, 2.24) is 9.88 Å². The second-order valence-corrected chi connectivity index (χ2v) is 3.70. The van der Waals surface area contributed by atoms with Crippen LogP contribution in [-0.4, -0.2) is 47.3 Å². The fraction of sp³-hybridized carbons (Fsp3) is 0.400. The maximum absolute atomic E-state index is 10.7. The highest BCUT2D eigenvalue weighted by Gasteiger charge is 2.20. The van der Waals surface area contributed by atoms with E-state index in [-0.39, 0.29) is 0 Å². The summed E-state index contributed by atoms with van der Waals surface area (Å²) in [4.78, 5) is 18.3. The normalized spacial score (nSPS) is 16.2. The molecular formula is C10H14N4O2. The minimum absolute atomic E-state index is 0.493. The minimum Gasteiger partial charge on any atom is -0.465 e. The summed E-state index contributed by atoms with van der Waals surface area (Å²) in [6, 6.07) is 3.65. The van der Waals surface area contributed by atoms with Crippen LogP contribution < -0.4 is 10.6 Å². The van der Waals surface area contributed by atoms with E-state index in [9.17, 15) is 4.79 Å². The summed E-state index contributed by atoms with van der Waals surface area (Å²) in [6.07, 6.45) is 0.862. The molecule has 16 heavy (non-hydrogen) atoms. The summed E-state index contributed by atoms with van der Waals surface area (Å²) in [7, 11) is 0. The van der Waals surface area contributed by atoms with E-state index >= 15 is 0 Å². The molecule has 1 aliphatic heterocycles. The first-order chi connectivity index (χ1) is 7.66. The number of carbonyl (C=O) groups is 1. The van der Waals surface area contributed by atoms with Gasteiger partial charge in [-0.25, -0.2) is 9.78 Å². The van der Waals surface area contributed by atoms with Crippen LogP contribution in [0.2, 0.25) is 0 Å². The predicted octanol–water partition coefficient (Wildman–Crippen LogP) is 0.464. The second-order valence-electron chi connectivity index (χ2n) is 3.70. The zero-order chi connectivity index (χ0) is 11.5. The summed E-state index contributed by atoms with van der Waals surface area (Å²) < 4.78 is 0. The van der Waals surface area contributed by atoms with E-state index in [4.69, 9.17) is 10.8 Å². The van der Waals surface area contributed by atoms with Crippen LogP contribution in [0.5, 0.6) is 0 Å². The Kier molecular flexibility index (Phi) is 2.80. The van der Waals surface area contributed by atoms with Gasteiger partial charge in [0.25, 0.3) is 0 Å². The molecule has 2 heterocycles. The van der Waals surface area contributed by atoms with Crippen LogP contribution in [0, 0.1) is 0 Å². The van der Waals surface area contributed by atoms with Crippen molar-refractivity contribution in [2.24, 2.45) is 0 Å². The number of carboxylic acid groups (broad SMARTS) is 1. The topological polar surface area (TPSA) is 82.7 Å². The van der Waals surface area contributed by atoms with Crippen LogP contribution in [0.25, 0.3) is 0 Å². The van der Waals surface area contributed by atoms with E-state index < -0.39 is 6.09 Å². The van der Waals surface area contributed by atoms with Gasteiger partial charge in [-0.1, -0.05) is 0 Å². The van der Waals surface area contributed by atoms with Crippen LogP contribution in [0.4, 0.5) is 16.3 Å². The number of amides is 1. The van der Waals surface area contributed by atoms with E-state index in [0.29, 0.717) is 32.0 Å². The van der Waals surface area contributed by atoms with E-state index in [1.165, 1.54) is 4.90 Å². The van der Waals surface area contributed by atoms with Crippen molar-refractivity contribution in [3.05, 3.63) is 18.3 Å². The lowest BCUT2D eigenvalue weighted by atomic mass is 10.3. The molecule has 3 N–H and O–H groups in total. The summed E-state index contributed by atoms with van der Waals surface area (Å²) in [6.45, 7) is 2.44. The first-order valence-corrected chi connectivity index (χ1v) is 5.11. The number of rotatable bonds is 1. The smallest absolute Gasteiger partial charge is 0.407 e. The van der Waals surface area contributed by atoms with E-state index in [1.54, 1.807) is 12.3 Å². The highest BCUT2D eigenvalue weighted by Crippen LogP contribution is 2.15. The second kappa shape index (κ2) is 4.26. The minimum atomic E-state index is -0.852. The van der Waals surface area contributed by atoms with Crippen molar-refractivity contribution in [2.75, 3.05) is 36.8 Å². The number of anilines is 2. The van der Waals surface area contributed by atoms with Crippen molar-refractivity contribution < 1.29 is 9.90 Å². The van der Waals surface area contributed by atoms with Gasteiger partial charge in [0.15, 0.2) is 0 Å². The van der Waals surface area contributed by atoms with Crippen LogP contribution in [0.3, 0.4) is 0 Å². The first kappa shape index (κ1) is 10.5. The van der Waals surface area contributed by atoms with Crippen molar-refractivity contribution in [3.8, 4) is 0 Å². The molecule has 0 aromatic carbocycles. The molecule has 0 saturated carbocycles. The molecule has 0 unspecified atom stereocenters. The standard InChI is InChI=1S/C10H14N4O2/c11-9-2-1-8(7-12-9)13-3-5-14(6-4-13)10(15)16/h1-2,7H,3-6H2,(H2,11,12)(H,15,16). The Morgan fingerprint density at radius 2 is 2.00 bits per heavy atom. The Morgan fingerprint density at radius 1 is 1.31 bits per heavy atom. The van der Waals surface area contributed by atoms with Gasteiger partial charge in [0.2, 0.25) is 0 Å². The van der Waals surface area contributed by atoms with E-state index in [0.717, 1.165) is 5.69 Å². The van der Waals surface area contributed by atoms with Crippen molar-refractivity contribution in [2.45, 2.75) is 0 Å². The van der Waals surface area contributed by atoms with Crippen LogP contribution >= 0.6 is 0 Å². The number of hydrogen-bond acceptors (Lipinski definition) is 4. The average molecular weight is 222 g/mol. The molecule has 86 valence electrons. The SMILES string of the molecule is Nc1ccc(N2CCN(C(=O)O)CC2)cn1. The maximum Gasteiger partial charge on any atom is 0.407 e. The molecule has 0 radical (unpaired) electrons. The van der Waals surface area contributed by atoms with Gasteiger partial charge in [0.05, 0.1) is 11.9 Å². The average Bonchev–Trinajstić information content (AvgIpc) is 2.30. The largest absolute Gasteiger partial charge is 0.465 e. The lowest BCUT2D eigenvalue weighted by Gasteiger charge is -2.34. The van der Waals surface area contributed by atoms with Gasteiger partial charge in [-0.05, 0) is 12.1 Å². The molecule has 2 rings (SSSR count). The molecular weight excluding hydrogens is 208 g/mol. The number of aromatic nitrogens is 1. The number of hydrogen-bond donors (Lipinski definition) is 2. The van der Waals surface area contributed by atoms with Crippen molar-refractivity contribution >= 4 is 17.6 Å². The Hall–Kier alpha value is -1.98. The van der Waals surface area contributed by atoms with Crippen LogP contribution in [0.15, 0.2) is 18.3 Å². The van der Waals surface area contributed by atoms with Gasteiger partial charge >= 0.3 is 6.09 Å². The number of nitrogens with zero attached hydrogens (tertiary/aromatic N) is 3. The Balaban J connectivity index is 1.99. The highest BCUT2D eigenvalue weighted by atomic mass is 16.4. The van der Waals surface area contributed by atoms with Gasteiger partial charge in [-0.3, -0.25) is 0 Å². The van der Waals surface area contributed by atoms with E-state index in [2.05, 4.69) is 9.88 Å². The summed E-state index contributed by atoms with van der Waals surface area (Å²) in [5.41, 5.74) is 6.49. The van der Waals surface area contributed by atoms with Crippen LogP contribution in [-0.2, 0) is 0 Å². The number of pyridine rings is 1. The Bertz CT molecular complexity index is 371. The molecule has 0 aliphatic carbocycles. The third-order valence-corrected chi connectivity index (χ3v) is 2.69. The molecule has 0 atom stereocenters. The lowest BCUT2D eigenvalue weighted by molar-refractivity contribution is 0.142. The Labute approximate surface area is 93.3 Å². The molecule has 6 nitrogen and oxygen atoms in total. The fourth-order valence-corrected chi connectivity index (χ4v) is 1.74. The zero-order valence-corrected chi connectivity index (χ0v) is 8.83. The fourth-order valence-electron chi connectivity index (χ4n) is 1.74. The monoisotopic (exact) mass is 222 g/mol. The highest BCUT2D eigenvalue weighted by molar-refractivity contribution is 5.65. The summed E-state index contributed by atoms with van der Waals surface area (Å²) in [5.74, 6) is 0.493. The number of nitrogens with two attached hydrogens (primary N) is 1. The van der Waals surface area contributed by atoms with Crippen molar-refractivity contribution in [3.63, 3.8) is 0 Å². The third-order valence-electron chi connectivity index (χ3n) is 2.69. The molecule has 1 saturated heterocycles. The van der Waals surface area contributed by atoms with Gasteiger partial charge in [0.1, 0.15) is 5.82 Å². The van der Waals surface area contributed by atoms with Crippen molar-refractivity contribution in [1.29, 1.82) is 0 Å². The Morgan fingerprint density at radius 3 is 2.50 bits per heavy atom. The third kappa shape index (κ3) is 2.16. The summed E-state index contributed by atoms with van der Waals surface area (Å²) >= 11 is 0. The molecule has 1 aromatic heterocycles. The predicted molar refractivity (Wildman–Crippen MR) is 60.5 cm³/mol. The van der Waals surface area contributed by atoms with Gasteiger partial charge < -0.3 is 20.6 Å². The zero-order valence-electron chi connectivity index (χ0n) is 8.83. The molecule has 1 aliphatic rings. The van der Waals surface area contributed by atoms with E-state index in [1.807, 2.05) is 6.07 Å². The van der Waals surface area contributed by atoms with Gasteiger partial charge in [-0.15, -0.1) is 0 Å². The molecule has 1 amide bonds. The van der Waals surface area contributed by atoms with Crippen LogP contribution in [0.1, 0.15) is 0 Å². The first-order valence-electron chi connectivity index (χ1n) is 5.11.